The molecule has 2 rings (SSSR count). The molecule has 0 amide bonds. The number of aliphatic carboxylic acids is 1. The average molecular weight is 268 g/mol. The molecule has 98 valence electrons. The van der Waals surface area contributed by atoms with Crippen molar-refractivity contribution in [3.8, 4) is 0 Å². The summed E-state index contributed by atoms with van der Waals surface area (Å²) >= 11 is 5.83. The highest BCUT2D eigenvalue weighted by Crippen LogP contribution is 2.31. The van der Waals surface area contributed by atoms with Gasteiger partial charge >= 0.3 is 5.97 Å². The fourth-order valence-electron chi connectivity index (χ4n) is 2.53. The molecule has 0 bridgehead atoms. The summed E-state index contributed by atoms with van der Waals surface area (Å²) in [6.07, 6.45) is 5.55. The molecule has 4 heteroatoms. The van der Waals surface area contributed by atoms with Gasteiger partial charge in [0, 0.05) is 10.7 Å². The van der Waals surface area contributed by atoms with Crippen LogP contribution in [0.5, 0.6) is 0 Å². The molecule has 1 aromatic carbocycles. The molecule has 2 N–H and O–H groups in total. The van der Waals surface area contributed by atoms with Crippen molar-refractivity contribution in [2.24, 2.45) is 0 Å². The average Bonchev–Trinajstić information content (AvgIpc) is 2.59. The predicted octanol–water partition coefficient (Wildman–Crippen LogP) is 3.93. The molecular formula is C14H18ClNO2. The van der Waals surface area contributed by atoms with Gasteiger partial charge in [0.15, 0.2) is 0 Å². The molecule has 1 aliphatic rings. The minimum atomic E-state index is -0.815. The van der Waals surface area contributed by atoms with Crippen LogP contribution in [0.2, 0.25) is 5.02 Å². The van der Waals surface area contributed by atoms with Crippen LogP contribution >= 0.6 is 11.6 Å². The van der Waals surface area contributed by atoms with E-state index in [-0.39, 0.29) is 0 Å². The van der Waals surface area contributed by atoms with E-state index in [4.69, 9.17) is 11.6 Å². The molecule has 1 saturated carbocycles. The van der Waals surface area contributed by atoms with Gasteiger partial charge in [0.05, 0.1) is 0 Å². The Bertz CT molecular complexity index is 408. The predicted molar refractivity (Wildman–Crippen MR) is 73.1 cm³/mol. The first kappa shape index (κ1) is 13.2. The second-order valence-electron chi connectivity index (χ2n) is 4.93. The molecule has 0 atom stereocenters. The van der Waals surface area contributed by atoms with E-state index in [1.807, 2.05) is 12.1 Å². The maximum Gasteiger partial charge on any atom is 0.329 e. The van der Waals surface area contributed by atoms with E-state index in [1.165, 1.54) is 0 Å². The topological polar surface area (TPSA) is 49.3 Å². The van der Waals surface area contributed by atoms with Crippen molar-refractivity contribution < 1.29 is 9.90 Å². The number of carbonyl (C=O) groups is 1. The summed E-state index contributed by atoms with van der Waals surface area (Å²) in [4.78, 5) is 11.6. The van der Waals surface area contributed by atoms with Crippen LogP contribution in [-0.2, 0) is 4.79 Å². The molecule has 0 saturated heterocycles. The van der Waals surface area contributed by atoms with Crippen molar-refractivity contribution in [2.45, 2.75) is 44.1 Å². The van der Waals surface area contributed by atoms with E-state index in [0.717, 1.165) is 31.4 Å². The lowest BCUT2D eigenvalue weighted by Crippen LogP contribution is -2.45. The third-order valence-corrected chi connectivity index (χ3v) is 3.85. The lowest BCUT2D eigenvalue weighted by Gasteiger charge is -2.30. The van der Waals surface area contributed by atoms with Gasteiger partial charge in [-0.05, 0) is 37.1 Å². The fourth-order valence-corrected chi connectivity index (χ4v) is 2.66. The van der Waals surface area contributed by atoms with E-state index in [0.29, 0.717) is 17.9 Å². The molecule has 1 fully saturated rings. The van der Waals surface area contributed by atoms with E-state index < -0.39 is 11.5 Å². The smallest absolute Gasteiger partial charge is 0.329 e. The molecule has 0 aliphatic heterocycles. The lowest BCUT2D eigenvalue weighted by molar-refractivity contribution is -0.142. The number of rotatable bonds is 3. The van der Waals surface area contributed by atoms with E-state index in [2.05, 4.69) is 5.32 Å². The fraction of sp³-hybridized carbons (Fsp3) is 0.500. The Labute approximate surface area is 112 Å². The third kappa shape index (κ3) is 2.96. The molecule has 0 unspecified atom stereocenters. The zero-order valence-corrected chi connectivity index (χ0v) is 11.0. The van der Waals surface area contributed by atoms with Crippen molar-refractivity contribution in [2.75, 3.05) is 5.32 Å². The van der Waals surface area contributed by atoms with Crippen molar-refractivity contribution in [3.63, 3.8) is 0 Å². The highest BCUT2D eigenvalue weighted by molar-refractivity contribution is 6.30. The van der Waals surface area contributed by atoms with E-state index in [1.54, 1.807) is 12.1 Å². The van der Waals surface area contributed by atoms with E-state index >= 15 is 0 Å². The largest absolute Gasteiger partial charge is 0.480 e. The van der Waals surface area contributed by atoms with Crippen LogP contribution in [0.15, 0.2) is 24.3 Å². The standard InChI is InChI=1S/C14H18ClNO2/c15-11-5-7-12(8-6-11)16-14(13(17)18)9-3-1-2-4-10-14/h5-8,16H,1-4,9-10H2,(H,17,18). The highest BCUT2D eigenvalue weighted by atomic mass is 35.5. The van der Waals surface area contributed by atoms with E-state index in [9.17, 15) is 9.90 Å². The molecule has 0 aromatic heterocycles. The Kier molecular flexibility index (Phi) is 4.12. The number of carboxylic acid groups (broad SMARTS) is 1. The van der Waals surface area contributed by atoms with Crippen LogP contribution in [0.4, 0.5) is 5.69 Å². The first-order valence-corrected chi connectivity index (χ1v) is 6.77. The second kappa shape index (κ2) is 5.61. The van der Waals surface area contributed by atoms with Crippen LogP contribution < -0.4 is 5.32 Å². The van der Waals surface area contributed by atoms with Gasteiger partial charge in [-0.2, -0.15) is 0 Å². The van der Waals surface area contributed by atoms with Crippen LogP contribution in [0.3, 0.4) is 0 Å². The quantitative estimate of drug-likeness (QED) is 0.816. The summed E-state index contributed by atoms with van der Waals surface area (Å²) < 4.78 is 0. The lowest BCUT2D eigenvalue weighted by atomic mass is 9.90. The molecular weight excluding hydrogens is 250 g/mol. The summed E-state index contributed by atoms with van der Waals surface area (Å²) in [7, 11) is 0. The summed E-state index contributed by atoms with van der Waals surface area (Å²) in [6.45, 7) is 0. The maximum atomic E-state index is 11.6. The van der Waals surface area contributed by atoms with Crippen LogP contribution in [0, 0.1) is 0 Å². The molecule has 3 nitrogen and oxygen atoms in total. The Morgan fingerprint density at radius 1 is 1.11 bits per heavy atom. The summed E-state index contributed by atoms with van der Waals surface area (Å²) in [6, 6.07) is 7.21. The monoisotopic (exact) mass is 267 g/mol. The zero-order chi connectivity index (χ0) is 13.0. The van der Waals surface area contributed by atoms with Gasteiger partial charge in [0.2, 0.25) is 0 Å². The maximum absolute atomic E-state index is 11.6. The first-order valence-electron chi connectivity index (χ1n) is 6.40. The zero-order valence-electron chi connectivity index (χ0n) is 10.3. The minimum absolute atomic E-state index is 0.658. The highest BCUT2D eigenvalue weighted by Gasteiger charge is 2.38. The van der Waals surface area contributed by atoms with Crippen molar-refractivity contribution in [3.05, 3.63) is 29.3 Å². The molecule has 0 spiro atoms. The van der Waals surface area contributed by atoms with Crippen LogP contribution in [0.25, 0.3) is 0 Å². The Hall–Kier alpha value is -1.22. The Balaban J connectivity index is 2.19. The van der Waals surface area contributed by atoms with Crippen molar-refractivity contribution in [1.29, 1.82) is 0 Å². The Morgan fingerprint density at radius 2 is 1.67 bits per heavy atom. The third-order valence-electron chi connectivity index (χ3n) is 3.59. The molecule has 1 aromatic rings. The number of nitrogens with one attached hydrogen (secondary N) is 1. The van der Waals surface area contributed by atoms with Crippen molar-refractivity contribution in [1.82, 2.24) is 0 Å². The van der Waals surface area contributed by atoms with Gasteiger partial charge in [-0.1, -0.05) is 37.3 Å². The van der Waals surface area contributed by atoms with Gasteiger partial charge in [-0.3, -0.25) is 0 Å². The summed E-state index contributed by atoms with van der Waals surface area (Å²) in [5, 5.41) is 13.4. The number of benzene rings is 1. The molecule has 1 aliphatic carbocycles. The Morgan fingerprint density at radius 3 is 2.17 bits per heavy atom. The number of anilines is 1. The number of carboxylic acids is 1. The molecule has 0 radical (unpaired) electrons. The number of halogens is 1. The van der Waals surface area contributed by atoms with Crippen LogP contribution in [-0.4, -0.2) is 16.6 Å². The van der Waals surface area contributed by atoms with Gasteiger partial charge in [-0.25, -0.2) is 4.79 Å². The molecule has 0 heterocycles. The van der Waals surface area contributed by atoms with Crippen molar-refractivity contribution >= 4 is 23.3 Å². The first-order chi connectivity index (χ1) is 8.62. The number of hydrogen-bond acceptors (Lipinski definition) is 2. The second-order valence-corrected chi connectivity index (χ2v) is 5.37. The summed E-state index contributed by atoms with van der Waals surface area (Å²) in [5.74, 6) is -0.751. The van der Waals surface area contributed by atoms with Gasteiger partial charge in [-0.15, -0.1) is 0 Å². The molecule has 18 heavy (non-hydrogen) atoms. The van der Waals surface area contributed by atoms with Gasteiger partial charge < -0.3 is 10.4 Å². The summed E-state index contributed by atoms with van der Waals surface area (Å²) in [5.41, 5.74) is 0.00772. The number of hydrogen-bond donors (Lipinski definition) is 2. The SMILES string of the molecule is O=C(O)C1(Nc2ccc(Cl)cc2)CCCCCC1. The van der Waals surface area contributed by atoms with Gasteiger partial charge in [0.25, 0.3) is 0 Å². The van der Waals surface area contributed by atoms with Crippen LogP contribution in [0.1, 0.15) is 38.5 Å². The van der Waals surface area contributed by atoms with Gasteiger partial charge in [0.1, 0.15) is 5.54 Å². The normalized spacial score (nSPS) is 18.9. The minimum Gasteiger partial charge on any atom is -0.480 e.